The van der Waals surface area contributed by atoms with E-state index in [1.807, 2.05) is 29.1 Å². The van der Waals surface area contributed by atoms with Crippen molar-refractivity contribution in [1.82, 2.24) is 14.4 Å². The highest BCUT2D eigenvalue weighted by Crippen LogP contribution is 2.26. The Morgan fingerprint density at radius 1 is 1.30 bits per heavy atom. The zero-order chi connectivity index (χ0) is 14.1. The van der Waals surface area contributed by atoms with Gasteiger partial charge >= 0.3 is 0 Å². The van der Waals surface area contributed by atoms with Crippen LogP contribution in [0.15, 0.2) is 24.5 Å². The standard InChI is InChI=1S/C13H15N3O3S/c17-11(8-14-4-1-2-5-14)15-6-3-10(7-15)16-12(18)9-20-13(16)19/h1-2,4-5,10H,3,6-9H2. The third-order valence-electron chi connectivity index (χ3n) is 3.65. The molecular formula is C13H15N3O3S. The van der Waals surface area contributed by atoms with E-state index in [1.54, 1.807) is 4.90 Å². The third kappa shape index (κ3) is 2.45. The Morgan fingerprint density at radius 3 is 2.70 bits per heavy atom. The topological polar surface area (TPSA) is 62.6 Å². The van der Waals surface area contributed by atoms with Crippen LogP contribution in [-0.2, 0) is 16.1 Å². The molecule has 0 N–H and O–H groups in total. The molecule has 2 fully saturated rings. The van der Waals surface area contributed by atoms with Crippen molar-refractivity contribution in [3.63, 3.8) is 0 Å². The first kappa shape index (κ1) is 13.2. The number of thioether (sulfide) groups is 1. The van der Waals surface area contributed by atoms with Crippen LogP contribution in [0.5, 0.6) is 0 Å². The van der Waals surface area contributed by atoms with E-state index in [0.29, 0.717) is 26.1 Å². The Balaban J connectivity index is 1.60. The molecule has 3 rings (SSSR count). The maximum Gasteiger partial charge on any atom is 0.289 e. The first-order chi connectivity index (χ1) is 9.65. The van der Waals surface area contributed by atoms with E-state index in [0.717, 1.165) is 11.8 Å². The van der Waals surface area contributed by atoms with Gasteiger partial charge in [0.25, 0.3) is 5.24 Å². The van der Waals surface area contributed by atoms with Gasteiger partial charge in [-0.1, -0.05) is 11.8 Å². The Kier molecular flexibility index (Phi) is 3.52. The lowest BCUT2D eigenvalue weighted by Crippen LogP contribution is -2.42. The molecular weight excluding hydrogens is 278 g/mol. The molecule has 106 valence electrons. The second kappa shape index (κ2) is 5.32. The number of amides is 3. The summed E-state index contributed by atoms with van der Waals surface area (Å²) in [6, 6.07) is 3.59. The molecule has 2 saturated heterocycles. The van der Waals surface area contributed by atoms with Gasteiger partial charge in [0, 0.05) is 25.5 Å². The molecule has 0 aliphatic carbocycles. The lowest BCUT2D eigenvalue weighted by Gasteiger charge is -2.22. The number of carbonyl (C=O) groups excluding carboxylic acids is 3. The maximum atomic E-state index is 12.1. The molecule has 0 spiro atoms. The summed E-state index contributed by atoms with van der Waals surface area (Å²) in [5, 5.41) is -0.181. The summed E-state index contributed by atoms with van der Waals surface area (Å²) in [5.41, 5.74) is 0. The molecule has 1 atom stereocenters. The number of hydrogen-bond donors (Lipinski definition) is 0. The second-order valence-corrected chi connectivity index (χ2v) is 5.88. The molecule has 7 heteroatoms. The predicted molar refractivity (Wildman–Crippen MR) is 74.1 cm³/mol. The summed E-state index contributed by atoms with van der Waals surface area (Å²) < 4.78 is 1.82. The molecule has 1 aromatic heterocycles. The highest BCUT2D eigenvalue weighted by molar-refractivity contribution is 8.14. The van der Waals surface area contributed by atoms with Crippen LogP contribution in [0.25, 0.3) is 0 Å². The minimum absolute atomic E-state index is 0.0236. The van der Waals surface area contributed by atoms with Crippen LogP contribution in [0, 0.1) is 0 Å². The maximum absolute atomic E-state index is 12.1. The summed E-state index contributed by atoms with van der Waals surface area (Å²) in [6.07, 6.45) is 4.36. The van der Waals surface area contributed by atoms with Gasteiger partial charge in [-0.15, -0.1) is 0 Å². The van der Waals surface area contributed by atoms with Crippen molar-refractivity contribution in [3.05, 3.63) is 24.5 Å². The Morgan fingerprint density at radius 2 is 2.05 bits per heavy atom. The van der Waals surface area contributed by atoms with Crippen molar-refractivity contribution in [3.8, 4) is 0 Å². The van der Waals surface area contributed by atoms with E-state index >= 15 is 0 Å². The van der Waals surface area contributed by atoms with Crippen LogP contribution in [-0.4, -0.2) is 56.3 Å². The minimum Gasteiger partial charge on any atom is -0.345 e. The molecule has 2 aliphatic rings. The van der Waals surface area contributed by atoms with E-state index in [2.05, 4.69) is 0 Å². The van der Waals surface area contributed by atoms with E-state index in [1.165, 1.54) is 4.90 Å². The molecule has 6 nitrogen and oxygen atoms in total. The van der Waals surface area contributed by atoms with Crippen molar-refractivity contribution in [2.24, 2.45) is 0 Å². The quantitative estimate of drug-likeness (QED) is 0.826. The van der Waals surface area contributed by atoms with E-state index in [4.69, 9.17) is 0 Å². The monoisotopic (exact) mass is 293 g/mol. The van der Waals surface area contributed by atoms with Crippen LogP contribution in [0.3, 0.4) is 0 Å². The highest BCUT2D eigenvalue weighted by atomic mass is 32.2. The fourth-order valence-electron chi connectivity index (χ4n) is 2.63. The van der Waals surface area contributed by atoms with Crippen LogP contribution >= 0.6 is 11.8 Å². The van der Waals surface area contributed by atoms with E-state index < -0.39 is 0 Å². The zero-order valence-electron chi connectivity index (χ0n) is 10.9. The van der Waals surface area contributed by atoms with E-state index in [9.17, 15) is 14.4 Å². The normalized spacial score (nSPS) is 22.9. The van der Waals surface area contributed by atoms with Gasteiger partial charge in [-0.3, -0.25) is 19.3 Å². The molecule has 20 heavy (non-hydrogen) atoms. The average molecular weight is 293 g/mol. The van der Waals surface area contributed by atoms with Gasteiger partial charge in [-0.05, 0) is 18.6 Å². The van der Waals surface area contributed by atoms with Gasteiger partial charge in [0.1, 0.15) is 6.54 Å². The number of imide groups is 1. The summed E-state index contributed by atoms with van der Waals surface area (Å²) in [6.45, 7) is 1.36. The first-order valence-electron chi connectivity index (χ1n) is 6.52. The largest absolute Gasteiger partial charge is 0.345 e. The van der Waals surface area contributed by atoms with Crippen molar-refractivity contribution >= 4 is 28.8 Å². The molecule has 0 aromatic carbocycles. The average Bonchev–Trinajstić information content (AvgIpc) is 3.11. The molecule has 3 amide bonds. The smallest absolute Gasteiger partial charge is 0.289 e. The number of carbonyl (C=O) groups is 3. The Bertz CT molecular complexity index is 527. The molecule has 0 bridgehead atoms. The fourth-order valence-corrected chi connectivity index (χ4v) is 3.40. The first-order valence-corrected chi connectivity index (χ1v) is 7.51. The number of rotatable bonds is 3. The van der Waals surface area contributed by atoms with Crippen LogP contribution < -0.4 is 0 Å². The number of hydrogen-bond acceptors (Lipinski definition) is 4. The molecule has 0 saturated carbocycles. The van der Waals surface area contributed by atoms with Crippen molar-refractivity contribution < 1.29 is 14.4 Å². The zero-order valence-corrected chi connectivity index (χ0v) is 11.7. The molecule has 1 aromatic rings. The van der Waals surface area contributed by atoms with Gasteiger partial charge in [-0.2, -0.15) is 0 Å². The lowest BCUT2D eigenvalue weighted by molar-refractivity contribution is -0.132. The SMILES string of the molecule is O=C(Cn1cccc1)N1CCC(N2C(=O)CSC2=O)C1. The third-order valence-corrected chi connectivity index (χ3v) is 4.48. The molecule has 3 heterocycles. The van der Waals surface area contributed by atoms with Crippen molar-refractivity contribution in [2.45, 2.75) is 19.0 Å². The lowest BCUT2D eigenvalue weighted by atomic mass is 10.2. The molecule has 0 radical (unpaired) electrons. The van der Waals surface area contributed by atoms with Gasteiger partial charge in [0.2, 0.25) is 11.8 Å². The van der Waals surface area contributed by atoms with Crippen LogP contribution in [0.2, 0.25) is 0 Å². The number of aromatic nitrogens is 1. The highest BCUT2D eigenvalue weighted by Gasteiger charge is 2.40. The van der Waals surface area contributed by atoms with Crippen LogP contribution in [0.4, 0.5) is 4.79 Å². The Hall–Kier alpha value is -1.76. The summed E-state index contributed by atoms with van der Waals surface area (Å²) >= 11 is 1.04. The van der Waals surface area contributed by atoms with Crippen molar-refractivity contribution in [1.29, 1.82) is 0 Å². The van der Waals surface area contributed by atoms with Gasteiger partial charge in [0.05, 0.1) is 11.8 Å². The van der Waals surface area contributed by atoms with E-state index in [-0.39, 0.29) is 28.8 Å². The summed E-state index contributed by atoms with van der Waals surface area (Å²) in [4.78, 5) is 38.6. The van der Waals surface area contributed by atoms with Gasteiger partial charge < -0.3 is 9.47 Å². The molecule has 1 unspecified atom stereocenters. The summed E-state index contributed by atoms with van der Waals surface area (Å²) in [5.74, 6) is 0.118. The number of nitrogens with zero attached hydrogens (tertiary/aromatic N) is 3. The van der Waals surface area contributed by atoms with Crippen molar-refractivity contribution in [2.75, 3.05) is 18.8 Å². The molecule has 2 aliphatic heterocycles. The van der Waals surface area contributed by atoms with Crippen LogP contribution in [0.1, 0.15) is 6.42 Å². The second-order valence-electron chi connectivity index (χ2n) is 4.96. The fraction of sp³-hybridized carbons (Fsp3) is 0.462. The van der Waals surface area contributed by atoms with Gasteiger partial charge in [-0.25, -0.2) is 0 Å². The summed E-state index contributed by atoms with van der Waals surface area (Å²) in [7, 11) is 0. The predicted octanol–water partition coefficient (Wildman–Crippen LogP) is 0.784. The van der Waals surface area contributed by atoms with Gasteiger partial charge in [0.15, 0.2) is 0 Å². The minimum atomic E-state index is -0.181. The Labute approximate surface area is 120 Å². The number of likely N-dealkylation sites (tertiary alicyclic amines) is 1.